The number of carbonyl (C=O) groups is 1. The van der Waals surface area contributed by atoms with E-state index < -0.39 is 5.60 Å². The van der Waals surface area contributed by atoms with E-state index in [0.29, 0.717) is 6.54 Å². The summed E-state index contributed by atoms with van der Waals surface area (Å²) >= 11 is 0. The Hall–Kier alpha value is -0.810. The van der Waals surface area contributed by atoms with Crippen LogP contribution < -0.4 is 10.6 Å². The zero-order chi connectivity index (χ0) is 13.6. The predicted octanol–water partition coefficient (Wildman–Crippen LogP) is 1.67. The van der Waals surface area contributed by atoms with E-state index >= 15 is 0 Å². The van der Waals surface area contributed by atoms with Gasteiger partial charge in [0.25, 0.3) is 0 Å². The summed E-state index contributed by atoms with van der Waals surface area (Å²) in [4.78, 5) is 11.4. The lowest BCUT2D eigenvalue weighted by Crippen LogP contribution is -2.44. The summed E-state index contributed by atoms with van der Waals surface area (Å²) in [6.07, 6.45) is 1.58. The molecule has 0 spiro atoms. The number of rotatable bonds is 5. The van der Waals surface area contributed by atoms with Crippen LogP contribution in [0.4, 0.5) is 4.79 Å². The summed E-state index contributed by atoms with van der Waals surface area (Å²) in [5.74, 6) is 0. The third-order valence-corrected chi connectivity index (χ3v) is 2.79. The molecule has 0 aliphatic carbocycles. The van der Waals surface area contributed by atoms with E-state index in [4.69, 9.17) is 9.47 Å². The highest BCUT2D eigenvalue weighted by Crippen LogP contribution is 2.16. The molecule has 1 heterocycles. The van der Waals surface area contributed by atoms with Gasteiger partial charge in [-0.1, -0.05) is 0 Å². The molecule has 1 amide bonds. The Labute approximate surface area is 110 Å². The molecule has 0 radical (unpaired) electrons. The minimum absolute atomic E-state index is 0.103. The van der Waals surface area contributed by atoms with Gasteiger partial charge in [-0.3, -0.25) is 0 Å². The summed E-state index contributed by atoms with van der Waals surface area (Å²) in [7, 11) is 0. The van der Waals surface area contributed by atoms with Gasteiger partial charge in [0.15, 0.2) is 0 Å². The Balaban J connectivity index is 2.03. The third-order valence-electron chi connectivity index (χ3n) is 2.79. The van der Waals surface area contributed by atoms with Gasteiger partial charge in [-0.2, -0.15) is 0 Å². The lowest BCUT2D eigenvalue weighted by atomic mass is 10.0. The number of carbonyl (C=O) groups excluding carboxylic acids is 1. The molecule has 2 N–H and O–H groups in total. The van der Waals surface area contributed by atoms with Crippen LogP contribution in [0.1, 0.15) is 40.5 Å². The van der Waals surface area contributed by atoms with Crippen molar-refractivity contribution in [1.29, 1.82) is 0 Å². The lowest BCUT2D eigenvalue weighted by Gasteiger charge is -2.23. The first-order valence-electron chi connectivity index (χ1n) is 6.60. The summed E-state index contributed by atoms with van der Waals surface area (Å²) in [5.41, 5.74) is -0.330. The van der Waals surface area contributed by atoms with E-state index in [-0.39, 0.29) is 11.6 Å². The largest absolute Gasteiger partial charge is 0.444 e. The number of amides is 1. The molecule has 1 rings (SSSR count). The van der Waals surface area contributed by atoms with Gasteiger partial charge in [-0.15, -0.1) is 0 Å². The molecule has 0 aromatic rings. The molecule has 1 fully saturated rings. The quantitative estimate of drug-likeness (QED) is 0.736. The molecular formula is C13H26N2O3. The number of hydrogen-bond acceptors (Lipinski definition) is 4. The van der Waals surface area contributed by atoms with E-state index in [9.17, 15) is 4.79 Å². The Morgan fingerprint density at radius 2 is 2.11 bits per heavy atom. The normalized spacial score (nSPS) is 24.0. The van der Waals surface area contributed by atoms with E-state index in [1.807, 2.05) is 20.8 Å². The van der Waals surface area contributed by atoms with Crippen molar-refractivity contribution in [3.05, 3.63) is 0 Å². The van der Waals surface area contributed by atoms with Crippen molar-refractivity contribution in [2.24, 2.45) is 0 Å². The van der Waals surface area contributed by atoms with E-state index in [0.717, 1.165) is 32.6 Å². The van der Waals surface area contributed by atoms with Crippen LogP contribution in [0.5, 0.6) is 0 Å². The number of hydrogen-bond donors (Lipinski definition) is 2. The van der Waals surface area contributed by atoms with Crippen LogP contribution in [0.2, 0.25) is 0 Å². The summed E-state index contributed by atoms with van der Waals surface area (Å²) in [6, 6.07) is 0. The maximum absolute atomic E-state index is 11.4. The molecule has 1 saturated heterocycles. The van der Waals surface area contributed by atoms with Crippen LogP contribution in [0.3, 0.4) is 0 Å². The van der Waals surface area contributed by atoms with Gasteiger partial charge >= 0.3 is 6.09 Å². The van der Waals surface area contributed by atoms with Crippen molar-refractivity contribution in [3.63, 3.8) is 0 Å². The van der Waals surface area contributed by atoms with Crippen LogP contribution in [0.15, 0.2) is 0 Å². The van der Waals surface area contributed by atoms with Crippen molar-refractivity contribution in [1.82, 2.24) is 10.6 Å². The Kier molecular flexibility index (Phi) is 5.41. The average molecular weight is 258 g/mol. The molecule has 5 nitrogen and oxygen atoms in total. The summed E-state index contributed by atoms with van der Waals surface area (Å²) < 4.78 is 10.5. The third kappa shape index (κ3) is 6.21. The molecule has 5 heteroatoms. The van der Waals surface area contributed by atoms with Crippen molar-refractivity contribution in [2.75, 3.05) is 26.3 Å². The van der Waals surface area contributed by atoms with Gasteiger partial charge in [-0.25, -0.2) is 4.79 Å². The molecular weight excluding hydrogens is 232 g/mol. The zero-order valence-electron chi connectivity index (χ0n) is 12.0. The van der Waals surface area contributed by atoms with Gasteiger partial charge in [0.1, 0.15) is 5.60 Å². The van der Waals surface area contributed by atoms with Gasteiger partial charge < -0.3 is 20.1 Å². The maximum Gasteiger partial charge on any atom is 0.407 e. The molecule has 106 valence electrons. The monoisotopic (exact) mass is 258 g/mol. The molecule has 1 aliphatic heterocycles. The zero-order valence-corrected chi connectivity index (χ0v) is 12.0. The van der Waals surface area contributed by atoms with Crippen molar-refractivity contribution >= 4 is 6.09 Å². The van der Waals surface area contributed by atoms with Crippen LogP contribution >= 0.6 is 0 Å². The topological polar surface area (TPSA) is 59.6 Å². The fourth-order valence-electron chi connectivity index (χ4n) is 1.79. The van der Waals surface area contributed by atoms with Crippen LogP contribution in [0, 0.1) is 0 Å². The molecule has 18 heavy (non-hydrogen) atoms. The highest BCUT2D eigenvalue weighted by molar-refractivity contribution is 5.67. The Bertz CT molecular complexity index is 268. The minimum Gasteiger partial charge on any atom is -0.444 e. The first kappa shape index (κ1) is 15.2. The second-order valence-corrected chi connectivity index (χ2v) is 6.07. The second kappa shape index (κ2) is 6.38. The SMILES string of the molecule is CC1(NCCCNC(=O)OC(C)(C)C)CCOC1. The van der Waals surface area contributed by atoms with Crippen LogP contribution in [-0.4, -0.2) is 43.5 Å². The fourth-order valence-corrected chi connectivity index (χ4v) is 1.79. The molecule has 0 aromatic heterocycles. The van der Waals surface area contributed by atoms with Crippen molar-refractivity contribution < 1.29 is 14.3 Å². The first-order valence-corrected chi connectivity index (χ1v) is 6.60. The molecule has 0 bridgehead atoms. The second-order valence-electron chi connectivity index (χ2n) is 6.07. The van der Waals surface area contributed by atoms with Crippen molar-refractivity contribution in [2.45, 2.75) is 51.7 Å². The molecule has 0 saturated carbocycles. The average Bonchev–Trinajstić information content (AvgIpc) is 2.62. The van der Waals surface area contributed by atoms with Crippen LogP contribution in [-0.2, 0) is 9.47 Å². The van der Waals surface area contributed by atoms with Gasteiger partial charge in [0, 0.05) is 18.7 Å². The smallest absolute Gasteiger partial charge is 0.407 e. The molecule has 1 aliphatic rings. The minimum atomic E-state index is -0.434. The number of ether oxygens (including phenoxy) is 2. The standard InChI is InChI=1S/C13H26N2O3/c1-12(2,3)18-11(16)14-7-5-8-15-13(4)6-9-17-10-13/h15H,5-10H2,1-4H3,(H,14,16). The summed E-state index contributed by atoms with van der Waals surface area (Å²) in [5, 5.41) is 6.21. The van der Waals surface area contributed by atoms with Gasteiger partial charge in [-0.05, 0) is 47.1 Å². The fraction of sp³-hybridized carbons (Fsp3) is 0.923. The molecule has 0 aromatic carbocycles. The summed E-state index contributed by atoms with van der Waals surface area (Å²) in [6.45, 7) is 10.8. The Morgan fingerprint density at radius 3 is 2.67 bits per heavy atom. The van der Waals surface area contributed by atoms with Gasteiger partial charge in [0.2, 0.25) is 0 Å². The van der Waals surface area contributed by atoms with E-state index in [1.165, 1.54) is 0 Å². The molecule has 1 unspecified atom stereocenters. The highest BCUT2D eigenvalue weighted by Gasteiger charge is 2.28. The predicted molar refractivity (Wildman–Crippen MR) is 70.7 cm³/mol. The van der Waals surface area contributed by atoms with E-state index in [1.54, 1.807) is 0 Å². The number of alkyl carbamates (subject to hydrolysis) is 1. The maximum atomic E-state index is 11.4. The lowest BCUT2D eigenvalue weighted by molar-refractivity contribution is 0.0527. The van der Waals surface area contributed by atoms with Gasteiger partial charge in [0.05, 0.1) is 6.61 Å². The van der Waals surface area contributed by atoms with Crippen LogP contribution in [0.25, 0.3) is 0 Å². The highest BCUT2D eigenvalue weighted by atomic mass is 16.6. The first-order chi connectivity index (χ1) is 8.31. The molecule has 1 atom stereocenters. The van der Waals surface area contributed by atoms with E-state index in [2.05, 4.69) is 17.6 Å². The number of nitrogens with one attached hydrogen (secondary N) is 2. The van der Waals surface area contributed by atoms with Crippen molar-refractivity contribution in [3.8, 4) is 0 Å². The Morgan fingerprint density at radius 1 is 1.39 bits per heavy atom.